The quantitative estimate of drug-likeness (QED) is 0.706. The van der Waals surface area contributed by atoms with E-state index in [0.29, 0.717) is 5.02 Å². The first kappa shape index (κ1) is 18.5. The van der Waals surface area contributed by atoms with Crippen LogP contribution >= 0.6 is 23.2 Å². The minimum atomic E-state index is 0.152. The SMILES string of the molecule is O=C1C(CCN2CCCN(c3ccc(Cl)cc3)CC2)=Cc2cc(Cl)ccc21. The third-order valence-corrected chi connectivity index (χ3v) is 5.84. The van der Waals surface area contributed by atoms with E-state index in [9.17, 15) is 4.79 Å². The zero-order valence-electron chi connectivity index (χ0n) is 15.1. The number of carbonyl (C=O) groups excluding carboxylic acids is 1. The summed E-state index contributed by atoms with van der Waals surface area (Å²) in [5.41, 5.74) is 3.85. The third kappa shape index (κ3) is 4.21. The van der Waals surface area contributed by atoms with Gasteiger partial charge in [0.25, 0.3) is 0 Å². The van der Waals surface area contributed by atoms with Crippen LogP contribution in [-0.4, -0.2) is 43.4 Å². The summed E-state index contributed by atoms with van der Waals surface area (Å²) in [7, 11) is 0. The average molecular weight is 401 g/mol. The van der Waals surface area contributed by atoms with Crippen LogP contribution in [0, 0.1) is 0 Å². The zero-order chi connectivity index (χ0) is 18.8. The lowest BCUT2D eigenvalue weighted by atomic mass is 10.1. The van der Waals surface area contributed by atoms with Crippen molar-refractivity contribution in [2.75, 3.05) is 37.6 Å². The van der Waals surface area contributed by atoms with Gasteiger partial charge in [-0.2, -0.15) is 0 Å². The van der Waals surface area contributed by atoms with Gasteiger partial charge in [-0.05, 0) is 73.5 Å². The topological polar surface area (TPSA) is 23.6 Å². The molecule has 4 rings (SSSR count). The number of rotatable bonds is 4. The Morgan fingerprint density at radius 1 is 0.889 bits per heavy atom. The Labute approximate surface area is 170 Å². The maximum Gasteiger partial charge on any atom is 0.189 e. The van der Waals surface area contributed by atoms with Gasteiger partial charge in [0.1, 0.15) is 0 Å². The number of fused-ring (bicyclic) bond motifs is 1. The molecule has 27 heavy (non-hydrogen) atoms. The third-order valence-electron chi connectivity index (χ3n) is 5.36. The highest BCUT2D eigenvalue weighted by atomic mass is 35.5. The smallest absolute Gasteiger partial charge is 0.189 e. The standard InChI is InChI=1S/C22H22Cl2N2O/c23-18-2-5-20(6-3-18)26-10-1-9-25(12-13-26)11-8-16-14-17-15-19(24)4-7-21(17)22(16)27/h2-7,14-15H,1,8-13H2. The van der Waals surface area contributed by atoms with Crippen LogP contribution < -0.4 is 4.90 Å². The monoisotopic (exact) mass is 400 g/mol. The molecule has 1 saturated heterocycles. The number of ketones is 1. The average Bonchev–Trinajstić information content (AvgIpc) is 2.83. The summed E-state index contributed by atoms with van der Waals surface area (Å²) in [6.07, 6.45) is 3.90. The van der Waals surface area contributed by atoms with E-state index in [-0.39, 0.29) is 5.78 Å². The van der Waals surface area contributed by atoms with Crippen LogP contribution in [0.5, 0.6) is 0 Å². The highest BCUT2D eigenvalue weighted by Crippen LogP contribution is 2.29. The van der Waals surface area contributed by atoms with E-state index in [1.165, 1.54) is 5.69 Å². The molecule has 0 saturated carbocycles. The second-order valence-corrected chi connectivity index (χ2v) is 8.01. The van der Waals surface area contributed by atoms with E-state index >= 15 is 0 Å². The number of halogens is 2. The minimum Gasteiger partial charge on any atom is -0.370 e. The van der Waals surface area contributed by atoms with E-state index in [4.69, 9.17) is 23.2 Å². The molecule has 0 radical (unpaired) electrons. The van der Waals surface area contributed by atoms with Gasteiger partial charge < -0.3 is 9.80 Å². The molecule has 140 valence electrons. The van der Waals surface area contributed by atoms with Crippen molar-refractivity contribution >= 4 is 40.7 Å². The molecule has 0 N–H and O–H groups in total. The van der Waals surface area contributed by atoms with Crippen LogP contribution in [0.1, 0.15) is 28.8 Å². The lowest BCUT2D eigenvalue weighted by Gasteiger charge is -2.23. The molecule has 2 aliphatic rings. The van der Waals surface area contributed by atoms with Crippen molar-refractivity contribution in [3.63, 3.8) is 0 Å². The van der Waals surface area contributed by atoms with Gasteiger partial charge in [0.05, 0.1) is 0 Å². The fourth-order valence-corrected chi connectivity index (χ4v) is 4.16. The molecule has 0 amide bonds. The van der Waals surface area contributed by atoms with Gasteiger partial charge in [-0.3, -0.25) is 4.79 Å². The van der Waals surface area contributed by atoms with E-state index in [2.05, 4.69) is 21.9 Å². The molecular formula is C22H22Cl2N2O. The Morgan fingerprint density at radius 2 is 1.67 bits per heavy atom. The van der Waals surface area contributed by atoms with Gasteiger partial charge in [0.15, 0.2) is 5.78 Å². The van der Waals surface area contributed by atoms with Gasteiger partial charge in [-0.1, -0.05) is 23.2 Å². The van der Waals surface area contributed by atoms with Gasteiger partial charge in [-0.15, -0.1) is 0 Å². The lowest BCUT2D eigenvalue weighted by Crippen LogP contribution is -2.31. The highest BCUT2D eigenvalue weighted by Gasteiger charge is 2.23. The highest BCUT2D eigenvalue weighted by molar-refractivity contribution is 6.31. The van der Waals surface area contributed by atoms with Gasteiger partial charge in [0, 0.05) is 53.0 Å². The maximum absolute atomic E-state index is 12.6. The normalized spacial score (nSPS) is 17.6. The molecule has 0 atom stereocenters. The van der Waals surface area contributed by atoms with Crippen LogP contribution in [0.4, 0.5) is 5.69 Å². The summed E-state index contributed by atoms with van der Waals surface area (Å²) in [4.78, 5) is 17.4. The predicted octanol–water partition coefficient (Wildman–Crippen LogP) is 5.18. The molecule has 1 aliphatic heterocycles. The van der Waals surface area contributed by atoms with Crippen molar-refractivity contribution in [2.45, 2.75) is 12.8 Å². The largest absolute Gasteiger partial charge is 0.370 e. The zero-order valence-corrected chi connectivity index (χ0v) is 16.6. The van der Waals surface area contributed by atoms with Gasteiger partial charge in [0.2, 0.25) is 0 Å². The van der Waals surface area contributed by atoms with E-state index in [1.54, 1.807) is 6.07 Å². The Kier molecular flexibility index (Phi) is 5.53. The molecule has 2 aromatic carbocycles. The Morgan fingerprint density at radius 3 is 2.48 bits per heavy atom. The van der Waals surface area contributed by atoms with Gasteiger partial charge >= 0.3 is 0 Å². The summed E-state index contributed by atoms with van der Waals surface area (Å²) in [5, 5.41) is 1.45. The lowest BCUT2D eigenvalue weighted by molar-refractivity contribution is 0.103. The summed E-state index contributed by atoms with van der Waals surface area (Å²) >= 11 is 12.0. The first-order valence-corrected chi connectivity index (χ1v) is 10.1. The summed E-state index contributed by atoms with van der Waals surface area (Å²) in [6, 6.07) is 13.6. The first-order chi connectivity index (χ1) is 13.1. The molecule has 0 unspecified atom stereocenters. The molecule has 1 heterocycles. The second-order valence-electron chi connectivity index (χ2n) is 7.14. The van der Waals surface area contributed by atoms with Gasteiger partial charge in [-0.25, -0.2) is 0 Å². The van der Waals surface area contributed by atoms with Crippen molar-refractivity contribution in [3.8, 4) is 0 Å². The summed E-state index contributed by atoms with van der Waals surface area (Å²) in [5.74, 6) is 0.152. The maximum atomic E-state index is 12.6. The predicted molar refractivity (Wildman–Crippen MR) is 113 cm³/mol. The fraction of sp³-hybridized carbons (Fsp3) is 0.318. The number of nitrogens with zero attached hydrogens (tertiary/aromatic N) is 2. The first-order valence-electron chi connectivity index (χ1n) is 9.38. The van der Waals surface area contributed by atoms with Crippen molar-refractivity contribution in [3.05, 3.63) is 69.2 Å². The van der Waals surface area contributed by atoms with Crippen LogP contribution in [0.3, 0.4) is 0 Å². The summed E-state index contributed by atoms with van der Waals surface area (Å²) < 4.78 is 0. The molecule has 1 aliphatic carbocycles. The minimum absolute atomic E-state index is 0.152. The van der Waals surface area contributed by atoms with E-state index < -0.39 is 0 Å². The van der Waals surface area contributed by atoms with Crippen molar-refractivity contribution in [2.24, 2.45) is 0 Å². The van der Waals surface area contributed by atoms with E-state index in [0.717, 1.165) is 67.3 Å². The Hall–Kier alpha value is -1.81. The molecule has 1 fully saturated rings. The summed E-state index contributed by atoms with van der Waals surface area (Å²) in [6.45, 7) is 5.01. The number of hydrogen-bond donors (Lipinski definition) is 0. The van der Waals surface area contributed by atoms with Crippen molar-refractivity contribution < 1.29 is 4.79 Å². The second kappa shape index (κ2) is 8.05. The molecule has 0 aromatic heterocycles. The van der Waals surface area contributed by atoms with Crippen LogP contribution in [0.15, 0.2) is 48.0 Å². The van der Waals surface area contributed by atoms with Crippen LogP contribution in [0.25, 0.3) is 6.08 Å². The molecule has 5 heteroatoms. The van der Waals surface area contributed by atoms with Crippen LogP contribution in [0.2, 0.25) is 10.0 Å². The van der Waals surface area contributed by atoms with E-state index in [1.807, 2.05) is 30.3 Å². The van der Waals surface area contributed by atoms with Crippen molar-refractivity contribution in [1.82, 2.24) is 4.90 Å². The Bertz CT molecular complexity index is 876. The van der Waals surface area contributed by atoms with Crippen LogP contribution in [-0.2, 0) is 0 Å². The number of anilines is 1. The molecule has 0 bridgehead atoms. The number of hydrogen-bond acceptors (Lipinski definition) is 3. The fourth-order valence-electron chi connectivity index (χ4n) is 3.85. The number of benzene rings is 2. The number of carbonyl (C=O) groups is 1. The molecule has 3 nitrogen and oxygen atoms in total. The number of Topliss-reactive ketones (excluding diaryl/α,β-unsaturated/α-hetero) is 1. The molecule has 0 spiro atoms. The van der Waals surface area contributed by atoms with Crippen molar-refractivity contribution in [1.29, 1.82) is 0 Å². The molecular weight excluding hydrogens is 379 g/mol. The Balaban J connectivity index is 1.34. The molecule has 2 aromatic rings.